The van der Waals surface area contributed by atoms with Gasteiger partial charge in [0.2, 0.25) is 0 Å². The lowest BCUT2D eigenvalue weighted by Gasteiger charge is -2.22. The molecule has 0 spiro atoms. The molecule has 1 aromatic heterocycles. The highest BCUT2D eigenvalue weighted by Gasteiger charge is 2.12. The molecule has 0 unspecified atom stereocenters. The van der Waals surface area contributed by atoms with Crippen molar-refractivity contribution in [3.8, 4) is 0 Å². The van der Waals surface area contributed by atoms with Crippen LogP contribution in [-0.2, 0) is 7.05 Å². The minimum atomic E-state index is 1.12. The second kappa shape index (κ2) is 6.84. The Morgan fingerprint density at radius 2 is 1.59 bits per heavy atom. The van der Waals surface area contributed by atoms with Crippen molar-refractivity contribution in [1.82, 2.24) is 9.47 Å². The third kappa shape index (κ3) is 3.80. The number of anilines is 1. The van der Waals surface area contributed by atoms with E-state index < -0.39 is 0 Å². The van der Waals surface area contributed by atoms with Crippen molar-refractivity contribution in [2.75, 3.05) is 38.1 Å². The maximum absolute atomic E-state index is 2.49. The molecule has 1 aromatic carbocycles. The van der Waals surface area contributed by atoms with E-state index in [1.807, 2.05) is 7.05 Å². The van der Waals surface area contributed by atoms with Gasteiger partial charge < -0.3 is 14.4 Å². The first-order chi connectivity index (χ1) is 10.7. The number of aromatic nitrogens is 1. The summed E-state index contributed by atoms with van der Waals surface area (Å²) >= 11 is 0. The minimum absolute atomic E-state index is 1.12. The van der Waals surface area contributed by atoms with Gasteiger partial charge in [0, 0.05) is 44.8 Å². The minimum Gasteiger partial charge on any atom is -0.370 e. The van der Waals surface area contributed by atoms with Crippen LogP contribution in [0.2, 0.25) is 0 Å². The number of nitrogens with zero attached hydrogens (tertiary/aromatic N) is 3. The molecule has 0 N–H and O–H groups in total. The van der Waals surface area contributed by atoms with E-state index in [4.69, 9.17) is 0 Å². The third-order valence-corrected chi connectivity index (χ3v) is 4.30. The predicted molar refractivity (Wildman–Crippen MR) is 95.1 cm³/mol. The van der Waals surface area contributed by atoms with Crippen LogP contribution < -0.4 is 4.90 Å². The molecule has 0 bridgehead atoms. The lowest BCUT2D eigenvalue weighted by Crippen LogP contribution is -2.28. The maximum Gasteiger partial charge on any atom is 0.0367 e. The molecule has 0 amide bonds. The van der Waals surface area contributed by atoms with Gasteiger partial charge in [-0.1, -0.05) is 24.3 Å². The molecule has 1 saturated heterocycles. The predicted octanol–water partition coefficient (Wildman–Crippen LogP) is 3.34. The Hall–Kier alpha value is -2.00. The Labute approximate surface area is 133 Å². The van der Waals surface area contributed by atoms with E-state index in [2.05, 4.69) is 76.3 Å². The van der Waals surface area contributed by atoms with Crippen LogP contribution in [0, 0.1) is 0 Å². The largest absolute Gasteiger partial charge is 0.370 e. The van der Waals surface area contributed by atoms with Gasteiger partial charge in [-0.3, -0.25) is 0 Å². The standard InChI is InChI=1S/C19H25N3/c1-20-11-3-12-22(15-14-20)19-8-6-17(7-9-19)4-5-18-10-13-21(2)16-18/h4-10,13,16H,3,11-12,14-15H2,1-2H3/b5-4+. The summed E-state index contributed by atoms with van der Waals surface area (Å²) < 4.78 is 2.07. The number of hydrogen-bond acceptors (Lipinski definition) is 2. The van der Waals surface area contributed by atoms with Crippen LogP contribution in [0.25, 0.3) is 12.2 Å². The monoisotopic (exact) mass is 295 g/mol. The van der Waals surface area contributed by atoms with E-state index in [-0.39, 0.29) is 0 Å². The molecule has 116 valence electrons. The number of aryl methyl sites for hydroxylation is 1. The normalized spacial score (nSPS) is 17.1. The lowest BCUT2D eigenvalue weighted by atomic mass is 10.1. The Morgan fingerprint density at radius 3 is 2.32 bits per heavy atom. The van der Waals surface area contributed by atoms with Crippen LogP contribution in [0.1, 0.15) is 17.5 Å². The zero-order chi connectivity index (χ0) is 15.4. The third-order valence-electron chi connectivity index (χ3n) is 4.30. The molecule has 3 nitrogen and oxygen atoms in total. The van der Waals surface area contributed by atoms with Crippen molar-refractivity contribution in [3.63, 3.8) is 0 Å². The summed E-state index contributed by atoms with van der Waals surface area (Å²) in [7, 11) is 4.26. The van der Waals surface area contributed by atoms with Gasteiger partial charge in [-0.05, 0) is 49.3 Å². The summed E-state index contributed by atoms with van der Waals surface area (Å²) in [6.07, 6.45) is 9.77. The summed E-state index contributed by atoms with van der Waals surface area (Å²) in [5, 5.41) is 0. The highest BCUT2D eigenvalue weighted by atomic mass is 15.2. The van der Waals surface area contributed by atoms with Gasteiger partial charge in [-0.2, -0.15) is 0 Å². The highest BCUT2D eigenvalue weighted by molar-refractivity contribution is 5.70. The second-order valence-electron chi connectivity index (χ2n) is 6.18. The van der Waals surface area contributed by atoms with Crippen molar-refractivity contribution >= 4 is 17.8 Å². The van der Waals surface area contributed by atoms with Gasteiger partial charge in [0.1, 0.15) is 0 Å². The van der Waals surface area contributed by atoms with E-state index in [1.165, 1.54) is 29.8 Å². The zero-order valence-electron chi connectivity index (χ0n) is 13.6. The number of rotatable bonds is 3. The fourth-order valence-electron chi connectivity index (χ4n) is 2.92. The molecule has 0 aliphatic carbocycles. The van der Waals surface area contributed by atoms with Crippen molar-refractivity contribution in [3.05, 3.63) is 53.9 Å². The Morgan fingerprint density at radius 1 is 0.818 bits per heavy atom. The lowest BCUT2D eigenvalue weighted by molar-refractivity contribution is 0.360. The molecule has 2 aromatic rings. The van der Waals surface area contributed by atoms with Crippen LogP contribution in [-0.4, -0.2) is 42.7 Å². The van der Waals surface area contributed by atoms with Crippen molar-refractivity contribution in [2.45, 2.75) is 6.42 Å². The van der Waals surface area contributed by atoms with Crippen LogP contribution in [0.4, 0.5) is 5.69 Å². The summed E-state index contributed by atoms with van der Waals surface area (Å²) in [6, 6.07) is 11.0. The molecule has 2 heterocycles. The van der Waals surface area contributed by atoms with Gasteiger partial charge in [0.05, 0.1) is 0 Å². The quantitative estimate of drug-likeness (QED) is 0.860. The molecule has 22 heavy (non-hydrogen) atoms. The highest BCUT2D eigenvalue weighted by Crippen LogP contribution is 2.18. The van der Waals surface area contributed by atoms with E-state index in [0.717, 1.165) is 19.6 Å². The zero-order valence-corrected chi connectivity index (χ0v) is 13.6. The van der Waals surface area contributed by atoms with Crippen molar-refractivity contribution < 1.29 is 0 Å². The molecule has 1 aliphatic heterocycles. The van der Waals surface area contributed by atoms with Crippen LogP contribution >= 0.6 is 0 Å². The van der Waals surface area contributed by atoms with Crippen molar-refractivity contribution in [1.29, 1.82) is 0 Å². The van der Waals surface area contributed by atoms with Gasteiger partial charge in [-0.25, -0.2) is 0 Å². The molecule has 3 rings (SSSR count). The summed E-state index contributed by atoms with van der Waals surface area (Å²) in [6.45, 7) is 4.63. The van der Waals surface area contributed by atoms with Gasteiger partial charge in [0.15, 0.2) is 0 Å². The summed E-state index contributed by atoms with van der Waals surface area (Å²) in [5.41, 5.74) is 3.83. The Bertz CT molecular complexity index is 624. The first kappa shape index (κ1) is 14.9. The average Bonchev–Trinajstić information content (AvgIpc) is 2.82. The second-order valence-corrected chi connectivity index (χ2v) is 6.18. The van der Waals surface area contributed by atoms with Crippen LogP contribution in [0.5, 0.6) is 0 Å². The van der Waals surface area contributed by atoms with Crippen molar-refractivity contribution in [2.24, 2.45) is 7.05 Å². The van der Waals surface area contributed by atoms with Crippen LogP contribution in [0.3, 0.4) is 0 Å². The van der Waals surface area contributed by atoms with E-state index in [9.17, 15) is 0 Å². The fourth-order valence-corrected chi connectivity index (χ4v) is 2.92. The average molecular weight is 295 g/mol. The van der Waals surface area contributed by atoms with Gasteiger partial charge >= 0.3 is 0 Å². The first-order valence-electron chi connectivity index (χ1n) is 8.04. The summed E-state index contributed by atoms with van der Waals surface area (Å²) in [5.74, 6) is 0. The SMILES string of the molecule is CN1CCCN(c2ccc(/C=C/c3ccn(C)c3)cc2)CC1. The maximum atomic E-state index is 2.49. The molecular weight excluding hydrogens is 270 g/mol. The van der Waals surface area contributed by atoms with E-state index >= 15 is 0 Å². The first-order valence-corrected chi connectivity index (χ1v) is 8.04. The molecule has 1 aliphatic rings. The number of benzene rings is 1. The molecule has 1 fully saturated rings. The summed E-state index contributed by atoms with van der Waals surface area (Å²) in [4.78, 5) is 4.91. The van der Waals surface area contributed by atoms with E-state index in [1.54, 1.807) is 0 Å². The number of hydrogen-bond donors (Lipinski definition) is 0. The Balaban J connectivity index is 1.66. The van der Waals surface area contributed by atoms with Gasteiger partial charge in [0.25, 0.3) is 0 Å². The van der Waals surface area contributed by atoms with E-state index in [0.29, 0.717) is 0 Å². The van der Waals surface area contributed by atoms with Crippen LogP contribution in [0.15, 0.2) is 42.7 Å². The smallest absolute Gasteiger partial charge is 0.0367 e. The molecule has 3 heteroatoms. The molecule has 0 radical (unpaired) electrons. The molecule has 0 saturated carbocycles. The molecule has 0 atom stereocenters. The fraction of sp³-hybridized carbons (Fsp3) is 0.368. The molecular formula is C19H25N3. The Kier molecular flexibility index (Phi) is 4.64. The van der Waals surface area contributed by atoms with Gasteiger partial charge in [-0.15, -0.1) is 0 Å². The topological polar surface area (TPSA) is 11.4 Å². The number of likely N-dealkylation sites (N-methyl/N-ethyl adjacent to an activating group) is 1.